The molecule has 0 saturated heterocycles. The number of aryl methyl sites for hydroxylation is 1. The topological polar surface area (TPSA) is 104 Å². The van der Waals surface area contributed by atoms with Crippen molar-refractivity contribution < 1.29 is 9.90 Å². The van der Waals surface area contributed by atoms with Crippen LogP contribution in [0.5, 0.6) is 0 Å². The van der Waals surface area contributed by atoms with E-state index in [1.165, 1.54) is 11.3 Å². The van der Waals surface area contributed by atoms with Gasteiger partial charge in [-0.1, -0.05) is 23.7 Å². The Morgan fingerprint density at radius 3 is 2.69 bits per heavy atom. The Bertz CT molecular complexity index is 904. The molecule has 6 nitrogen and oxygen atoms in total. The van der Waals surface area contributed by atoms with Crippen LogP contribution in [0.15, 0.2) is 36.4 Å². The minimum absolute atomic E-state index is 0.0736. The van der Waals surface area contributed by atoms with Crippen LogP contribution in [0.4, 0.5) is 0 Å². The molecule has 0 fully saturated rings. The smallest absolute Gasteiger partial charge is 0.268 e. The van der Waals surface area contributed by atoms with Crippen molar-refractivity contribution in [3.8, 4) is 11.3 Å². The number of H-pyrrole nitrogens is 1. The average Bonchev–Trinajstić information content (AvgIpc) is 3.27. The van der Waals surface area contributed by atoms with Crippen LogP contribution in [0, 0.1) is 6.92 Å². The number of amides is 1. The summed E-state index contributed by atoms with van der Waals surface area (Å²) in [6.45, 7) is 1.97. The molecule has 2 aromatic heterocycles. The zero-order valence-electron chi connectivity index (χ0n) is 14.1. The Morgan fingerprint density at radius 1 is 1.35 bits per heavy atom. The van der Waals surface area contributed by atoms with Crippen LogP contribution >= 0.6 is 22.9 Å². The van der Waals surface area contributed by atoms with Gasteiger partial charge in [0.1, 0.15) is 10.7 Å². The monoisotopic (exact) mass is 390 g/mol. The van der Waals surface area contributed by atoms with Crippen molar-refractivity contribution >= 4 is 28.8 Å². The zero-order valence-corrected chi connectivity index (χ0v) is 15.7. The molecule has 26 heavy (non-hydrogen) atoms. The van der Waals surface area contributed by atoms with E-state index in [2.05, 4.69) is 15.3 Å². The average molecular weight is 391 g/mol. The van der Waals surface area contributed by atoms with Crippen molar-refractivity contribution in [2.45, 2.75) is 19.6 Å². The highest BCUT2D eigenvalue weighted by Crippen LogP contribution is 2.24. The minimum Gasteiger partial charge on any atom is -0.391 e. The number of carbonyl (C=O) groups excluding carboxylic acids is 1. The number of aliphatic hydroxyl groups is 1. The highest BCUT2D eigenvalue weighted by atomic mass is 35.5. The van der Waals surface area contributed by atoms with E-state index in [4.69, 9.17) is 17.3 Å². The first-order valence-corrected chi connectivity index (χ1v) is 9.24. The van der Waals surface area contributed by atoms with Crippen molar-refractivity contribution in [1.29, 1.82) is 0 Å². The van der Waals surface area contributed by atoms with E-state index in [0.29, 0.717) is 15.7 Å². The Morgan fingerprint density at radius 2 is 2.08 bits per heavy atom. The number of nitrogens with two attached hydrogens (primary N) is 1. The predicted molar refractivity (Wildman–Crippen MR) is 103 cm³/mol. The molecular formula is C18H19ClN4O2S. The van der Waals surface area contributed by atoms with Crippen molar-refractivity contribution in [3.63, 3.8) is 0 Å². The third kappa shape index (κ3) is 3.96. The quantitative estimate of drug-likeness (QED) is 0.519. The molecule has 5 N–H and O–H groups in total. The molecule has 1 aromatic carbocycles. The molecule has 3 rings (SSSR count). The summed E-state index contributed by atoms with van der Waals surface area (Å²) in [5.74, 6) is -0.265. The van der Waals surface area contributed by atoms with Gasteiger partial charge >= 0.3 is 0 Å². The third-order valence-electron chi connectivity index (χ3n) is 3.98. The van der Waals surface area contributed by atoms with E-state index >= 15 is 0 Å². The lowest BCUT2D eigenvalue weighted by Gasteiger charge is -2.13. The number of nitrogens with zero attached hydrogens (tertiary/aromatic N) is 1. The first kappa shape index (κ1) is 18.6. The van der Waals surface area contributed by atoms with E-state index in [9.17, 15) is 9.90 Å². The molecule has 3 aromatic rings. The van der Waals surface area contributed by atoms with E-state index < -0.39 is 6.04 Å². The molecule has 0 radical (unpaired) electrons. The molecule has 0 aliphatic rings. The summed E-state index contributed by atoms with van der Waals surface area (Å²) < 4.78 is 0. The summed E-state index contributed by atoms with van der Waals surface area (Å²) in [5, 5.41) is 13.5. The number of rotatable bonds is 6. The number of aromatic nitrogens is 2. The largest absolute Gasteiger partial charge is 0.391 e. The SMILES string of the molecule is Cc1nc(C(CN)NC(=O)c2ccc(-c3ccc(Cl)cc3)[nH]2)sc1CO. The summed E-state index contributed by atoms with van der Waals surface area (Å²) in [5.41, 5.74) is 8.76. The summed E-state index contributed by atoms with van der Waals surface area (Å²) in [7, 11) is 0. The molecule has 8 heteroatoms. The van der Waals surface area contributed by atoms with Crippen molar-refractivity contribution in [3.05, 3.63) is 62.7 Å². The number of hydrogen-bond acceptors (Lipinski definition) is 5. The van der Waals surface area contributed by atoms with Crippen LogP contribution in [-0.4, -0.2) is 27.5 Å². The Balaban J connectivity index is 1.75. The van der Waals surface area contributed by atoms with Gasteiger partial charge in [0.05, 0.1) is 23.2 Å². The van der Waals surface area contributed by atoms with Crippen molar-refractivity contribution in [2.24, 2.45) is 5.73 Å². The summed E-state index contributed by atoms with van der Waals surface area (Å²) in [4.78, 5) is 20.8. The van der Waals surface area contributed by atoms with Gasteiger partial charge in [-0.05, 0) is 36.8 Å². The second kappa shape index (κ2) is 8.01. The lowest BCUT2D eigenvalue weighted by atomic mass is 10.2. The van der Waals surface area contributed by atoms with E-state index in [1.807, 2.05) is 25.1 Å². The third-order valence-corrected chi connectivity index (χ3v) is 5.49. The maximum atomic E-state index is 12.6. The van der Waals surface area contributed by atoms with Gasteiger partial charge in [0, 0.05) is 17.3 Å². The van der Waals surface area contributed by atoms with Gasteiger partial charge in [0.25, 0.3) is 5.91 Å². The van der Waals surface area contributed by atoms with Crippen LogP contribution in [-0.2, 0) is 6.61 Å². The van der Waals surface area contributed by atoms with Crippen LogP contribution in [0.3, 0.4) is 0 Å². The molecule has 0 aliphatic carbocycles. The second-order valence-corrected chi connectivity index (χ2v) is 7.32. The van der Waals surface area contributed by atoms with Crippen LogP contribution in [0.25, 0.3) is 11.3 Å². The normalized spacial score (nSPS) is 12.2. The standard InChI is InChI=1S/C18H19ClN4O2S/c1-10-16(9-24)26-18(21-10)15(8-20)23-17(25)14-7-6-13(22-14)11-2-4-12(19)5-3-11/h2-7,15,22,24H,8-9,20H2,1H3,(H,23,25). The van der Waals surface area contributed by atoms with Crippen molar-refractivity contribution in [1.82, 2.24) is 15.3 Å². The van der Waals surface area contributed by atoms with Crippen LogP contribution in [0.2, 0.25) is 5.02 Å². The second-order valence-electron chi connectivity index (χ2n) is 5.77. The van der Waals surface area contributed by atoms with Crippen LogP contribution in [0.1, 0.15) is 32.1 Å². The number of nitrogens with one attached hydrogen (secondary N) is 2. The van der Waals surface area contributed by atoms with Gasteiger partial charge in [-0.15, -0.1) is 11.3 Å². The van der Waals surface area contributed by atoms with Gasteiger partial charge in [-0.3, -0.25) is 4.79 Å². The summed E-state index contributed by atoms with van der Waals surface area (Å²) in [6, 6.07) is 10.5. The molecule has 2 heterocycles. The van der Waals surface area contributed by atoms with Crippen molar-refractivity contribution in [2.75, 3.05) is 6.54 Å². The molecule has 1 unspecified atom stereocenters. The summed E-state index contributed by atoms with van der Waals surface area (Å²) in [6.07, 6.45) is 0. The number of aromatic amines is 1. The molecular weight excluding hydrogens is 372 g/mol. The number of thiazole rings is 1. The number of carbonyl (C=O) groups is 1. The Kier molecular flexibility index (Phi) is 5.73. The minimum atomic E-state index is -0.409. The van der Waals surface area contributed by atoms with Gasteiger partial charge in [-0.2, -0.15) is 0 Å². The maximum absolute atomic E-state index is 12.6. The van der Waals surface area contributed by atoms with Gasteiger partial charge in [0.2, 0.25) is 0 Å². The molecule has 0 aliphatic heterocycles. The van der Waals surface area contributed by atoms with Crippen LogP contribution < -0.4 is 11.1 Å². The fourth-order valence-electron chi connectivity index (χ4n) is 2.53. The van der Waals surface area contributed by atoms with E-state index in [-0.39, 0.29) is 19.1 Å². The Labute approximate surface area is 160 Å². The molecule has 1 atom stereocenters. The predicted octanol–water partition coefficient (Wildman–Crippen LogP) is 3.02. The van der Waals surface area contributed by atoms with E-state index in [0.717, 1.165) is 21.8 Å². The zero-order chi connectivity index (χ0) is 18.7. The van der Waals surface area contributed by atoms with E-state index in [1.54, 1.807) is 18.2 Å². The Hall–Kier alpha value is -2.19. The summed E-state index contributed by atoms with van der Waals surface area (Å²) >= 11 is 7.26. The molecule has 0 saturated carbocycles. The van der Waals surface area contributed by atoms with Gasteiger partial charge in [0.15, 0.2) is 0 Å². The number of halogens is 1. The first-order chi connectivity index (χ1) is 12.5. The highest BCUT2D eigenvalue weighted by molar-refractivity contribution is 7.11. The molecule has 0 spiro atoms. The lowest BCUT2D eigenvalue weighted by Crippen LogP contribution is -2.33. The van der Waals surface area contributed by atoms with Gasteiger partial charge in [-0.25, -0.2) is 4.98 Å². The number of hydrogen-bond donors (Lipinski definition) is 4. The highest BCUT2D eigenvalue weighted by Gasteiger charge is 2.20. The van der Waals surface area contributed by atoms with Gasteiger partial charge < -0.3 is 21.1 Å². The number of benzene rings is 1. The molecule has 136 valence electrons. The fourth-order valence-corrected chi connectivity index (χ4v) is 3.65. The number of aliphatic hydroxyl groups excluding tert-OH is 1. The lowest BCUT2D eigenvalue weighted by molar-refractivity contribution is 0.0933. The molecule has 1 amide bonds. The maximum Gasteiger partial charge on any atom is 0.268 e. The first-order valence-electron chi connectivity index (χ1n) is 8.04. The fraction of sp³-hybridized carbons (Fsp3) is 0.222. The molecule has 0 bridgehead atoms.